The van der Waals surface area contributed by atoms with Crippen LogP contribution in [0.1, 0.15) is 18.1 Å². The molecule has 2 aromatic carbocycles. The fourth-order valence-corrected chi connectivity index (χ4v) is 4.11. The van der Waals surface area contributed by atoms with Gasteiger partial charge in [-0.05, 0) is 37.1 Å². The van der Waals surface area contributed by atoms with E-state index >= 15 is 0 Å². The van der Waals surface area contributed by atoms with Gasteiger partial charge in [0.15, 0.2) is 16.4 Å². The van der Waals surface area contributed by atoms with Crippen molar-refractivity contribution in [2.75, 3.05) is 20.8 Å². The summed E-state index contributed by atoms with van der Waals surface area (Å²) in [6, 6.07) is 7.33. The molecule has 0 aliphatic rings. The second-order valence-electron chi connectivity index (χ2n) is 5.77. The van der Waals surface area contributed by atoms with Gasteiger partial charge in [-0.15, -0.1) is 0 Å². The van der Waals surface area contributed by atoms with Gasteiger partial charge in [-0.3, -0.25) is 10.1 Å². The van der Waals surface area contributed by atoms with Crippen molar-refractivity contribution in [2.24, 2.45) is 0 Å². The number of aryl methyl sites for hydroxylation is 1. The Bertz CT molecular complexity index is 949. The molecule has 2 aromatic rings. The highest BCUT2D eigenvalue weighted by Crippen LogP contribution is 2.38. The molecule has 0 heterocycles. The number of hydrogen-bond donors (Lipinski definition) is 1. The van der Waals surface area contributed by atoms with Crippen LogP contribution in [-0.4, -0.2) is 34.2 Å². The van der Waals surface area contributed by atoms with E-state index in [1.807, 2.05) is 6.92 Å². The average Bonchev–Trinajstić information content (AvgIpc) is 2.66. The highest BCUT2D eigenvalue weighted by molar-refractivity contribution is 7.89. The highest BCUT2D eigenvalue weighted by atomic mass is 32.2. The summed E-state index contributed by atoms with van der Waals surface area (Å²) in [5, 5.41) is 11.2. The van der Waals surface area contributed by atoms with Crippen molar-refractivity contribution in [3.63, 3.8) is 0 Å². The van der Waals surface area contributed by atoms with Crippen molar-refractivity contribution in [3.05, 3.63) is 51.6 Å². The summed E-state index contributed by atoms with van der Waals surface area (Å²) in [5.41, 5.74) is 0.342. The van der Waals surface area contributed by atoms with E-state index in [0.717, 1.165) is 6.07 Å². The monoisotopic (exact) mass is 410 g/mol. The van der Waals surface area contributed by atoms with Crippen molar-refractivity contribution in [3.8, 4) is 17.2 Å². The molecule has 0 saturated carbocycles. The van der Waals surface area contributed by atoms with E-state index in [0.29, 0.717) is 29.4 Å². The number of methoxy groups -OCH3 is 2. The fraction of sp³-hybridized carbons (Fsp3) is 0.333. The number of nitrogens with zero attached hydrogens (tertiary/aromatic N) is 1. The van der Waals surface area contributed by atoms with Gasteiger partial charge < -0.3 is 14.2 Å². The van der Waals surface area contributed by atoms with Crippen LogP contribution in [0, 0.1) is 17.0 Å². The predicted octanol–water partition coefficient (Wildman–Crippen LogP) is 2.80. The smallest absolute Gasteiger partial charge is 0.289 e. The maximum absolute atomic E-state index is 12.7. The molecule has 1 N–H and O–H groups in total. The number of nitro groups is 1. The molecule has 0 saturated heterocycles. The third-order valence-corrected chi connectivity index (χ3v) is 5.52. The summed E-state index contributed by atoms with van der Waals surface area (Å²) in [4.78, 5) is 10.2. The van der Waals surface area contributed by atoms with Gasteiger partial charge in [0, 0.05) is 12.6 Å². The van der Waals surface area contributed by atoms with Crippen LogP contribution in [0.4, 0.5) is 5.69 Å². The highest BCUT2D eigenvalue weighted by Gasteiger charge is 2.27. The number of nitrogens with one attached hydrogen (secondary N) is 1. The molecule has 0 radical (unpaired) electrons. The van der Waals surface area contributed by atoms with E-state index in [2.05, 4.69) is 4.72 Å². The maximum Gasteiger partial charge on any atom is 0.289 e. The summed E-state index contributed by atoms with van der Waals surface area (Å²) in [6.07, 6.45) is 0. The second kappa shape index (κ2) is 8.89. The normalized spacial score (nSPS) is 11.1. The van der Waals surface area contributed by atoms with E-state index < -0.39 is 20.6 Å². The first kappa shape index (κ1) is 21.5. The van der Waals surface area contributed by atoms with Crippen LogP contribution >= 0.6 is 0 Å². The van der Waals surface area contributed by atoms with Crippen LogP contribution in [0.25, 0.3) is 0 Å². The molecule has 0 aliphatic carbocycles. The minimum absolute atomic E-state index is 0.118. The molecule has 0 amide bonds. The van der Waals surface area contributed by atoms with E-state index in [1.54, 1.807) is 12.1 Å². The lowest BCUT2D eigenvalue weighted by molar-refractivity contribution is -0.387. The molecule has 0 bridgehead atoms. The second-order valence-corrected chi connectivity index (χ2v) is 7.47. The zero-order valence-electron chi connectivity index (χ0n) is 16.0. The van der Waals surface area contributed by atoms with Crippen LogP contribution in [0.2, 0.25) is 0 Å². The van der Waals surface area contributed by atoms with E-state index in [1.165, 1.54) is 33.3 Å². The number of rotatable bonds is 9. The van der Waals surface area contributed by atoms with Gasteiger partial charge in [-0.2, -0.15) is 0 Å². The van der Waals surface area contributed by atoms with E-state index in [4.69, 9.17) is 14.2 Å². The third kappa shape index (κ3) is 4.52. The first-order chi connectivity index (χ1) is 13.2. The Morgan fingerprint density at radius 2 is 1.75 bits per heavy atom. The number of benzene rings is 2. The topological polar surface area (TPSA) is 117 Å². The lowest BCUT2D eigenvalue weighted by Gasteiger charge is -2.16. The molecule has 0 aliphatic heterocycles. The minimum atomic E-state index is -4.13. The molecule has 152 valence electrons. The van der Waals surface area contributed by atoms with Gasteiger partial charge in [-0.25, -0.2) is 13.1 Å². The van der Waals surface area contributed by atoms with Crippen molar-refractivity contribution in [1.82, 2.24) is 4.72 Å². The van der Waals surface area contributed by atoms with Crippen LogP contribution < -0.4 is 18.9 Å². The van der Waals surface area contributed by atoms with Gasteiger partial charge in [0.1, 0.15) is 0 Å². The van der Waals surface area contributed by atoms with Gasteiger partial charge in [0.05, 0.1) is 25.7 Å². The van der Waals surface area contributed by atoms with Crippen LogP contribution in [-0.2, 0) is 16.6 Å². The van der Waals surface area contributed by atoms with Gasteiger partial charge in [0.25, 0.3) is 5.69 Å². The van der Waals surface area contributed by atoms with Crippen molar-refractivity contribution >= 4 is 15.7 Å². The number of ether oxygens (including phenoxy) is 3. The first-order valence-electron chi connectivity index (χ1n) is 8.36. The molecule has 0 unspecified atom stereocenters. The summed E-state index contributed by atoms with van der Waals surface area (Å²) >= 11 is 0. The Morgan fingerprint density at radius 1 is 1.14 bits per heavy atom. The number of sulfonamides is 1. The molecular weight excluding hydrogens is 388 g/mol. The van der Waals surface area contributed by atoms with Crippen molar-refractivity contribution < 1.29 is 27.6 Å². The molecular formula is C18H22N2O7S. The number of hydrogen-bond acceptors (Lipinski definition) is 7. The maximum atomic E-state index is 12.7. The SMILES string of the molecule is CCOc1c(OC)cc(CNS(=O)(=O)c2c(C)cccc2[N+](=O)[O-])cc1OC. The number of nitro benzene ring substituents is 1. The Labute approximate surface area is 163 Å². The average molecular weight is 410 g/mol. The lowest BCUT2D eigenvalue weighted by Crippen LogP contribution is -2.25. The molecule has 9 nitrogen and oxygen atoms in total. The molecule has 0 spiro atoms. The van der Waals surface area contributed by atoms with Gasteiger partial charge >= 0.3 is 0 Å². The molecule has 10 heteroatoms. The Hall–Kier alpha value is -2.85. The fourth-order valence-electron chi connectivity index (χ4n) is 2.70. The largest absolute Gasteiger partial charge is 0.493 e. The molecule has 28 heavy (non-hydrogen) atoms. The summed E-state index contributed by atoms with van der Waals surface area (Å²) in [6.45, 7) is 3.60. The summed E-state index contributed by atoms with van der Waals surface area (Å²) in [7, 11) is -1.21. The minimum Gasteiger partial charge on any atom is -0.493 e. The van der Waals surface area contributed by atoms with Gasteiger partial charge in [0.2, 0.25) is 15.8 Å². The zero-order chi connectivity index (χ0) is 20.9. The van der Waals surface area contributed by atoms with E-state index in [-0.39, 0.29) is 17.0 Å². The molecule has 0 aromatic heterocycles. The first-order valence-corrected chi connectivity index (χ1v) is 9.84. The van der Waals surface area contributed by atoms with Crippen molar-refractivity contribution in [1.29, 1.82) is 0 Å². The third-order valence-electron chi connectivity index (χ3n) is 3.93. The Morgan fingerprint density at radius 3 is 2.25 bits per heavy atom. The van der Waals surface area contributed by atoms with Crippen LogP contribution in [0.5, 0.6) is 17.2 Å². The zero-order valence-corrected chi connectivity index (χ0v) is 16.8. The summed E-state index contributed by atoms with van der Waals surface area (Å²) in [5.74, 6) is 1.18. The summed E-state index contributed by atoms with van der Waals surface area (Å²) < 4.78 is 44.0. The van der Waals surface area contributed by atoms with Crippen molar-refractivity contribution in [2.45, 2.75) is 25.3 Å². The van der Waals surface area contributed by atoms with Gasteiger partial charge in [-0.1, -0.05) is 12.1 Å². The molecule has 0 atom stereocenters. The predicted molar refractivity (Wildman–Crippen MR) is 103 cm³/mol. The Balaban J connectivity index is 2.37. The molecule has 2 rings (SSSR count). The lowest BCUT2D eigenvalue weighted by atomic mass is 10.2. The quantitative estimate of drug-likeness (QED) is 0.499. The van der Waals surface area contributed by atoms with Crippen LogP contribution in [0.15, 0.2) is 35.2 Å². The standard InChI is InChI=1S/C18H22N2O7S/c1-5-27-17-15(25-3)9-13(10-16(17)26-4)11-19-28(23,24)18-12(2)7-6-8-14(18)20(21)22/h6-10,19H,5,11H2,1-4H3. The van der Waals surface area contributed by atoms with E-state index in [9.17, 15) is 18.5 Å². The Kier molecular flexibility index (Phi) is 6.81. The molecule has 0 fully saturated rings. The van der Waals surface area contributed by atoms with Crippen LogP contribution in [0.3, 0.4) is 0 Å².